The minimum atomic E-state index is -4.56. The van der Waals surface area contributed by atoms with E-state index in [-0.39, 0.29) is 42.5 Å². The first-order chi connectivity index (χ1) is 13.1. The van der Waals surface area contributed by atoms with Crippen molar-refractivity contribution in [1.82, 2.24) is 14.5 Å². The molecule has 152 valence electrons. The molecule has 1 heterocycles. The summed E-state index contributed by atoms with van der Waals surface area (Å²) < 4.78 is 50.3. The molecule has 1 aromatic carbocycles. The van der Waals surface area contributed by atoms with Crippen LogP contribution in [-0.4, -0.2) is 48.4 Å². The summed E-state index contributed by atoms with van der Waals surface area (Å²) in [6.07, 6.45) is -1.97. The van der Waals surface area contributed by atoms with Crippen LogP contribution in [0.3, 0.4) is 0 Å². The van der Waals surface area contributed by atoms with Crippen LogP contribution in [-0.2, 0) is 22.3 Å². The van der Waals surface area contributed by atoms with Crippen molar-refractivity contribution in [1.29, 1.82) is 0 Å². The van der Waals surface area contributed by atoms with Gasteiger partial charge in [0.15, 0.2) is 6.79 Å². The molecule has 7 nitrogen and oxygen atoms in total. The van der Waals surface area contributed by atoms with Gasteiger partial charge in [0, 0.05) is 45.9 Å². The van der Waals surface area contributed by atoms with Gasteiger partial charge in [0.2, 0.25) is 5.91 Å². The van der Waals surface area contributed by atoms with Gasteiger partial charge < -0.3 is 14.4 Å². The lowest BCUT2D eigenvalue weighted by Crippen LogP contribution is -2.27. The summed E-state index contributed by atoms with van der Waals surface area (Å²) in [4.78, 5) is 29.8. The fourth-order valence-corrected chi connectivity index (χ4v) is 2.40. The first-order valence-corrected chi connectivity index (χ1v) is 8.23. The van der Waals surface area contributed by atoms with E-state index in [0.717, 1.165) is 18.2 Å². The molecule has 0 atom stereocenters. The van der Waals surface area contributed by atoms with Crippen molar-refractivity contribution in [2.75, 3.05) is 28.0 Å². The zero-order valence-corrected chi connectivity index (χ0v) is 15.6. The van der Waals surface area contributed by atoms with E-state index in [1.807, 2.05) is 0 Å². The maximum Gasteiger partial charge on any atom is 0.416 e. The van der Waals surface area contributed by atoms with Gasteiger partial charge in [-0.1, -0.05) is 0 Å². The number of hydrogen-bond acceptors (Lipinski definition) is 5. The first-order valence-electron chi connectivity index (χ1n) is 8.23. The zero-order chi connectivity index (χ0) is 20.9. The molecule has 0 saturated heterocycles. The highest BCUT2D eigenvalue weighted by molar-refractivity contribution is 5.75. The Balaban J connectivity index is 2.44. The number of methoxy groups -OCH3 is 1. The Labute approximate surface area is 159 Å². The van der Waals surface area contributed by atoms with Crippen molar-refractivity contribution in [3.8, 4) is 16.9 Å². The second-order valence-electron chi connectivity index (χ2n) is 6.10. The molecule has 2 rings (SSSR count). The molecular weight excluding hydrogens is 379 g/mol. The first kappa shape index (κ1) is 21.4. The van der Waals surface area contributed by atoms with Crippen LogP contribution < -0.4 is 10.3 Å². The summed E-state index contributed by atoms with van der Waals surface area (Å²) in [7, 11) is 4.52. The summed E-state index contributed by atoms with van der Waals surface area (Å²) in [5.41, 5.74) is -1.21. The molecule has 0 unspecified atom stereocenters. The van der Waals surface area contributed by atoms with Gasteiger partial charge in [0.05, 0.1) is 17.5 Å². The Morgan fingerprint density at radius 1 is 1.25 bits per heavy atom. The minimum absolute atomic E-state index is 0.0552. The second kappa shape index (κ2) is 8.87. The number of aromatic nitrogens is 2. The number of alkyl halides is 3. The number of ether oxygens (including phenoxy) is 2. The quantitative estimate of drug-likeness (QED) is 0.669. The van der Waals surface area contributed by atoms with Crippen molar-refractivity contribution in [3.05, 3.63) is 46.6 Å². The fourth-order valence-electron chi connectivity index (χ4n) is 2.40. The van der Waals surface area contributed by atoms with Gasteiger partial charge in [-0.3, -0.25) is 14.2 Å². The van der Waals surface area contributed by atoms with Gasteiger partial charge in [-0.2, -0.15) is 13.2 Å². The standard InChI is InChI=1S/C18H20F3N3O4/c1-23(2)16(25)6-7-24-10-22-9-14(17(24)26)13-5-4-12(18(19,20)21)8-15(13)28-11-27-3/h4-5,8-10H,6-7,11H2,1-3H3. The Bertz CT molecular complexity index is 894. The molecule has 0 bridgehead atoms. The number of halogens is 3. The molecule has 0 aliphatic carbocycles. The number of hydrogen-bond donors (Lipinski definition) is 0. The second-order valence-corrected chi connectivity index (χ2v) is 6.10. The van der Waals surface area contributed by atoms with Crippen LogP contribution in [0, 0.1) is 0 Å². The van der Waals surface area contributed by atoms with Gasteiger partial charge in [-0.15, -0.1) is 0 Å². The molecule has 0 fully saturated rings. The Kier molecular flexibility index (Phi) is 6.79. The van der Waals surface area contributed by atoms with Crippen molar-refractivity contribution in [3.63, 3.8) is 0 Å². The molecule has 28 heavy (non-hydrogen) atoms. The zero-order valence-electron chi connectivity index (χ0n) is 15.6. The minimum Gasteiger partial charge on any atom is -0.467 e. The summed E-state index contributed by atoms with van der Waals surface area (Å²) >= 11 is 0. The van der Waals surface area contributed by atoms with Gasteiger partial charge in [0.25, 0.3) is 5.56 Å². The lowest BCUT2D eigenvalue weighted by atomic mass is 10.0. The molecule has 2 aromatic rings. The third-order valence-corrected chi connectivity index (χ3v) is 3.90. The lowest BCUT2D eigenvalue weighted by Gasteiger charge is -2.15. The molecule has 0 spiro atoms. The van der Waals surface area contributed by atoms with Gasteiger partial charge in [0.1, 0.15) is 5.75 Å². The molecule has 1 amide bonds. The van der Waals surface area contributed by atoms with Crippen LogP contribution in [0.25, 0.3) is 11.1 Å². The van der Waals surface area contributed by atoms with Gasteiger partial charge >= 0.3 is 6.18 Å². The van der Waals surface area contributed by atoms with Crippen LogP contribution in [0.15, 0.2) is 35.5 Å². The van der Waals surface area contributed by atoms with Crippen molar-refractivity contribution < 1.29 is 27.4 Å². The topological polar surface area (TPSA) is 73.7 Å². The largest absolute Gasteiger partial charge is 0.467 e. The number of benzene rings is 1. The van der Waals surface area contributed by atoms with Crippen molar-refractivity contribution >= 4 is 5.91 Å². The van der Waals surface area contributed by atoms with E-state index in [2.05, 4.69) is 4.98 Å². The van der Waals surface area contributed by atoms with E-state index < -0.39 is 17.3 Å². The predicted octanol–water partition coefficient (Wildman–Crippen LogP) is 2.39. The van der Waals surface area contributed by atoms with Gasteiger partial charge in [-0.05, 0) is 18.2 Å². The van der Waals surface area contributed by atoms with E-state index in [0.29, 0.717) is 0 Å². The summed E-state index contributed by atoms with van der Waals surface area (Å²) in [6, 6.07) is 2.82. The Morgan fingerprint density at radius 2 is 1.96 bits per heavy atom. The number of rotatable bonds is 7. The van der Waals surface area contributed by atoms with E-state index in [1.54, 1.807) is 14.1 Å². The third kappa shape index (κ3) is 5.10. The highest BCUT2D eigenvalue weighted by Gasteiger charge is 2.31. The van der Waals surface area contributed by atoms with Gasteiger partial charge in [-0.25, -0.2) is 4.98 Å². The predicted molar refractivity (Wildman–Crippen MR) is 94.8 cm³/mol. The van der Waals surface area contributed by atoms with E-state index in [1.165, 1.54) is 29.1 Å². The van der Waals surface area contributed by atoms with Crippen molar-refractivity contribution in [2.24, 2.45) is 0 Å². The van der Waals surface area contributed by atoms with Crippen LogP contribution in [0.5, 0.6) is 5.75 Å². The van der Waals surface area contributed by atoms with Crippen molar-refractivity contribution in [2.45, 2.75) is 19.1 Å². The van der Waals surface area contributed by atoms with E-state index in [4.69, 9.17) is 9.47 Å². The normalized spacial score (nSPS) is 11.4. The Hall–Kier alpha value is -2.88. The number of carbonyl (C=O) groups is 1. The summed E-state index contributed by atoms with van der Waals surface area (Å²) in [5.74, 6) is -0.325. The Morgan fingerprint density at radius 3 is 2.57 bits per heavy atom. The number of aryl methyl sites for hydroxylation is 1. The highest BCUT2D eigenvalue weighted by atomic mass is 19.4. The summed E-state index contributed by atoms with van der Waals surface area (Å²) in [5, 5.41) is 0. The molecule has 10 heteroatoms. The summed E-state index contributed by atoms with van der Waals surface area (Å²) in [6.45, 7) is -0.203. The third-order valence-electron chi connectivity index (χ3n) is 3.90. The lowest BCUT2D eigenvalue weighted by molar-refractivity contribution is -0.137. The average molecular weight is 399 g/mol. The maximum absolute atomic E-state index is 13.0. The number of carbonyl (C=O) groups excluding carboxylic acids is 1. The smallest absolute Gasteiger partial charge is 0.416 e. The monoisotopic (exact) mass is 399 g/mol. The molecule has 0 radical (unpaired) electrons. The highest BCUT2D eigenvalue weighted by Crippen LogP contribution is 2.36. The SMILES string of the molecule is COCOc1cc(C(F)(F)F)ccc1-c1cncn(CCC(=O)N(C)C)c1=O. The van der Waals surface area contributed by atoms with E-state index in [9.17, 15) is 22.8 Å². The van der Waals surface area contributed by atoms with Crippen LogP contribution in [0.4, 0.5) is 13.2 Å². The molecule has 0 saturated carbocycles. The molecule has 0 aliphatic heterocycles. The number of nitrogens with zero attached hydrogens (tertiary/aromatic N) is 3. The van der Waals surface area contributed by atoms with E-state index >= 15 is 0 Å². The fraction of sp³-hybridized carbons (Fsp3) is 0.389. The molecule has 0 N–H and O–H groups in total. The van der Waals surface area contributed by atoms with Crippen LogP contribution >= 0.6 is 0 Å². The van der Waals surface area contributed by atoms with Crippen LogP contribution in [0.2, 0.25) is 0 Å². The number of amides is 1. The average Bonchev–Trinajstić information content (AvgIpc) is 2.64. The maximum atomic E-state index is 13.0. The van der Waals surface area contributed by atoms with Crippen LogP contribution in [0.1, 0.15) is 12.0 Å². The molecule has 0 aliphatic rings. The molecule has 1 aromatic heterocycles. The molecular formula is C18H20F3N3O4.